The molecule has 0 saturated carbocycles. The molecule has 0 aliphatic carbocycles. The minimum absolute atomic E-state index is 0.222. The summed E-state index contributed by atoms with van der Waals surface area (Å²) in [6.45, 7) is 7.20. The van der Waals surface area contributed by atoms with Crippen LogP contribution < -0.4 is 9.47 Å². The maximum atomic E-state index is 10.5. The van der Waals surface area contributed by atoms with E-state index in [-0.39, 0.29) is 5.75 Å². The second-order valence-electron chi connectivity index (χ2n) is 7.20. The van der Waals surface area contributed by atoms with Gasteiger partial charge in [0, 0.05) is 30.1 Å². The second-order valence-corrected chi connectivity index (χ2v) is 8.14. The van der Waals surface area contributed by atoms with E-state index in [1.807, 2.05) is 12.1 Å². The second kappa shape index (κ2) is 7.86. The number of hydrogen-bond donors (Lipinski definition) is 1. The normalized spacial score (nSPS) is 14.2. The summed E-state index contributed by atoms with van der Waals surface area (Å²) in [5, 5.41) is 12.6. The number of thiophene rings is 1. The maximum Gasteiger partial charge on any atom is 0.165 e. The number of methoxy groups -OCH3 is 1. The van der Waals surface area contributed by atoms with Gasteiger partial charge in [0.15, 0.2) is 11.5 Å². The van der Waals surface area contributed by atoms with E-state index in [0.717, 1.165) is 41.4 Å². The third-order valence-electron chi connectivity index (χ3n) is 5.46. The Morgan fingerprint density at radius 1 is 1.18 bits per heavy atom. The van der Waals surface area contributed by atoms with Crippen LogP contribution in [0.5, 0.6) is 17.2 Å². The largest absolute Gasteiger partial charge is 0.504 e. The van der Waals surface area contributed by atoms with Crippen molar-refractivity contribution in [1.82, 2.24) is 4.90 Å². The monoisotopic (exact) mass is 395 g/mol. The number of rotatable bonds is 4. The quantitative estimate of drug-likeness (QED) is 0.664. The number of aromatic hydroxyl groups is 1. The molecule has 1 aliphatic rings. The number of ether oxygens (including phenoxy) is 2. The SMILES string of the molecule is COc1ccc(CN2CCOc3c(O)cc(-c4cccs4)cc3C2)c(C)c1C. The molecule has 5 heteroatoms. The smallest absolute Gasteiger partial charge is 0.165 e. The fourth-order valence-electron chi connectivity index (χ4n) is 3.76. The van der Waals surface area contributed by atoms with Gasteiger partial charge in [-0.1, -0.05) is 12.1 Å². The van der Waals surface area contributed by atoms with Gasteiger partial charge in [-0.3, -0.25) is 4.90 Å². The first-order valence-corrected chi connectivity index (χ1v) is 10.3. The van der Waals surface area contributed by atoms with Crippen LogP contribution >= 0.6 is 11.3 Å². The van der Waals surface area contributed by atoms with Gasteiger partial charge in [-0.25, -0.2) is 0 Å². The van der Waals surface area contributed by atoms with Gasteiger partial charge in [0.2, 0.25) is 0 Å². The highest BCUT2D eigenvalue weighted by molar-refractivity contribution is 7.13. The van der Waals surface area contributed by atoms with Crippen molar-refractivity contribution in [3.63, 3.8) is 0 Å². The Balaban J connectivity index is 1.62. The maximum absolute atomic E-state index is 10.5. The number of nitrogens with zero attached hydrogens (tertiary/aromatic N) is 1. The molecule has 4 rings (SSSR count). The summed E-state index contributed by atoms with van der Waals surface area (Å²) in [7, 11) is 1.71. The Labute approximate surface area is 170 Å². The highest BCUT2D eigenvalue weighted by Crippen LogP contribution is 2.39. The summed E-state index contributed by atoms with van der Waals surface area (Å²) in [6.07, 6.45) is 0. The van der Waals surface area contributed by atoms with E-state index >= 15 is 0 Å². The van der Waals surface area contributed by atoms with Gasteiger partial charge in [0.05, 0.1) is 7.11 Å². The lowest BCUT2D eigenvalue weighted by Crippen LogP contribution is -2.25. The van der Waals surface area contributed by atoms with Crippen LogP contribution in [-0.4, -0.2) is 30.3 Å². The molecule has 0 bridgehead atoms. The highest BCUT2D eigenvalue weighted by Gasteiger charge is 2.21. The minimum atomic E-state index is 0.222. The molecular weight excluding hydrogens is 370 g/mol. The van der Waals surface area contributed by atoms with Crippen molar-refractivity contribution >= 4 is 11.3 Å². The van der Waals surface area contributed by atoms with Crippen LogP contribution in [0.3, 0.4) is 0 Å². The molecule has 0 saturated heterocycles. The molecule has 1 aliphatic heterocycles. The number of fused-ring (bicyclic) bond motifs is 1. The van der Waals surface area contributed by atoms with Gasteiger partial charge < -0.3 is 14.6 Å². The Morgan fingerprint density at radius 2 is 2.04 bits per heavy atom. The molecule has 2 heterocycles. The predicted octanol–water partition coefficient (Wildman–Crippen LogP) is 5.14. The van der Waals surface area contributed by atoms with Crippen molar-refractivity contribution < 1.29 is 14.6 Å². The van der Waals surface area contributed by atoms with Gasteiger partial charge in [-0.05, 0) is 65.7 Å². The molecule has 0 radical (unpaired) electrons. The Hall–Kier alpha value is -2.50. The molecule has 0 unspecified atom stereocenters. The fourth-order valence-corrected chi connectivity index (χ4v) is 4.47. The topological polar surface area (TPSA) is 41.9 Å². The summed E-state index contributed by atoms with van der Waals surface area (Å²) in [4.78, 5) is 3.52. The molecule has 0 spiro atoms. The van der Waals surface area contributed by atoms with Gasteiger partial charge in [0.1, 0.15) is 12.4 Å². The molecule has 4 nitrogen and oxygen atoms in total. The van der Waals surface area contributed by atoms with E-state index in [9.17, 15) is 5.11 Å². The zero-order valence-corrected chi connectivity index (χ0v) is 17.3. The summed E-state index contributed by atoms with van der Waals surface area (Å²) in [6, 6.07) is 12.2. The fraction of sp³-hybridized carbons (Fsp3) is 0.304. The molecule has 1 N–H and O–H groups in total. The van der Waals surface area contributed by atoms with E-state index in [1.54, 1.807) is 24.5 Å². The molecule has 0 atom stereocenters. The molecule has 0 amide bonds. The lowest BCUT2D eigenvalue weighted by molar-refractivity contribution is 0.217. The lowest BCUT2D eigenvalue weighted by atomic mass is 10.0. The molecule has 28 heavy (non-hydrogen) atoms. The standard InChI is InChI=1S/C23H25NO3S/c1-15-16(2)21(26-3)7-6-17(15)13-24-8-9-27-23-19(14-24)11-18(12-20(23)25)22-5-4-10-28-22/h4-7,10-12,25H,8-9,13-14H2,1-3H3. The van der Waals surface area contributed by atoms with Gasteiger partial charge in [-0.15, -0.1) is 11.3 Å². The highest BCUT2D eigenvalue weighted by atomic mass is 32.1. The summed E-state index contributed by atoms with van der Waals surface area (Å²) in [5.41, 5.74) is 5.81. The first kappa shape index (κ1) is 18.8. The molecule has 146 valence electrons. The van der Waals surface area contributed by atoms with Crippen molar-refractivity contribution in [2.24, 2.45) is 0 Å². The van der Waals surface area contributed by atoms with Crippen LogP contribution in [-0.2, 0) is 13.1 Å². The van der Waals surface area contributed by atoms with Crippen molar-refractivity contribution in [3.05, 3.63) is 64.0 Å². The number of phenolic OH excluding ortho intramolecular Hbond substituents is 1. The van der Waals surface area contributed by atoms with E-state index in [1.165, 1.54) is 16.7 Å². The van der Waals surface area contributed by atoms with Crippen LogP contribution in [0.25, 0.3) is 10.4 Å². The summed E-state index contributed by atoms with van der Waals surface area (Å²) in [5.74, 6) is 1.76. The van der Waals surface area contributed by atoms with E-state index in [2.05, 4.69) is 42.3 Å². The van der Waals surface area contributed by atoms with Gasteiger partial charge in [0.25, 0.3) is 0 Å². The predicted molar refractivity (Wildman–Crippen MR) is 113 cm³/mol. The van der Waals surface area contributed by atoms with Crippen molar-refractivity contribution in [3.8, 4) is 27.7 Å². The van der Waals surface area contributed by atoms with Crippen LogP contribution in [0.15, 0.2) is 41.8 Å². The molecular formula is C23H25NO3S. The Kier molecular flexibility index (Phi) is 5.29. The van der Waals surface area contributed by atoms with Crippen LogP contribution in [0.1, 0.15) is 22.3 Å². The lowest BCUT2D eigenvalue weighted by Gasteiger charge is -2.22. The average molecular weight is 396 g/mol. The molecule has 1 aromatic heterocycles. The summed E-state index contributed by atoms with van der Waals surface area (Å²) >= 11 is 1.67. The third kappa shape index (κ3) is 3.60. The van der Waals surface area contributed by atoms with Gasteiger partial charge in [-0.2, -0.15) is 0 Å². The first-order valence-electron chi connectivity index (χ1n) is 9.45. The van der Waals surface area contributed by atoms with Gasteiger partial charge >= 0.3 is 0 Å². The van der Waals surface area contributed by atoms with Crippen LogP contribution in [0.4, 0.5) is 0 Å². The van der Waals surface area contributed by atoms with E-state index in [4.69, 9.17) is 9.47 Å². The van der Waals surface area contributed by atoms with Crippen molar-refractivity contribution in [2.45, 2.75) is 26.9 Å². The average Bonchev–Trinajstić information content (AvgIpc) is 3.14. The van der Waals surface area contributed by atoms with Crippen molar-refractivity contribution in [1.29, 1.82) is 0 Å². The van der Waals surface area contributed by atoms with E-state index in [0.29, 0.717) is 12.4 Å². The Morgan fingerprint density at radius 3 is 2.79 bits per heavy atom. The van der Waals surface area contributed by atoms with Crippen LogP contribution in [0, 0.1) is 13.8 Å². The first-order chi connectivity index (χ1) is 13.6. The third-order valence-corrected chi connectivity index (χ3v) is 6.38. The summed E-state index contributed by atoms with van der Waals surface area (Å²) < 4.78 is 11.3. The Bertz CT molecular complexity index is 982. The van der Waals surface area contributed by atoms with Crippen LogP contribution in [0.2, 0.25) is 0 Å². The number of phenols is 1. The van der Waals surface area contributed by atoms with E-state index < -0.39 is 0 Å². The zero-order valence-electron chi connectivity index (χ0n) is 16.5. The minimum Gasteiger partial charge on any atom is -0.504 e. The number of hydrogen-bond acceptors (Lipinski definition) is 5. The van der Waals surface area contributed by atoms with Crippen molar-refractivity contribution in [2.75, 3.05) is 20.3 Å². The molecule has 2 aromatic carbocycles. The molecule has 3 aromatic rings. The molecule has 0 fully saturated rings. The number of benzene rings is 2. The zero-order chi connectivity index (χ0) is 19.7.